The van der Waals surface area contributed by atoms with E-state index in [1.54, 1.807) is 24.3 Å². The first-order valence-electron chi connectivity index (χ1n) is 7.42. The molecule has 0 aliphatic rings. The standard InChI is InChI=1S/C16H16ClN3O4S/c1-3-24-13-9-8-12(14-15(13)18-19-16(14)17)20-25(21,22)11-6-4-10(23-2)5-7-11/h4-9,20H,3H2,1-2H3,(H,18,19). The van der Waals surface area contributed by atoms with Gasteiger partial charge in [-0.1, -0.05) is 11.6 Å². The normalized spacial score (nSPS) is 11.5. The highest BCUT2D eigenvalue weighted by Gasteiger charge is 2.19. The number of sulfonamides is 1. The quantitative estimate of drug-likeness (QED) is 0.682. The Kier molecular flexibility index (Phi) is 4.73. The number of hydrogen-bond acceptors (Lipinski definition) is 5. The summed E-state index contributed by atoms with van der Waals surface area (Å²) in [5.74, 6) is 1.09. The molecule has 0 atom stereocenters. The van der Waals surface area contributed by atoms with E-state index in [1.807, 2.05) is 6.92 Å². The summed E-state index contributed by atoms with van der Waals surface area (Å²) >= 11 is 6.14. The number of benzene rings is 2. The molecule has 3 rings (SSSR count). The van der Waals surface area contributed by atoms with Crippen LogP contribution in [0.1, 0.15) is 6.92 Å². The van der Waals surface area contributed by atoms with Gasteiger partial charge in [0.1, 0.15) is 22.2 Å². The van der Waals surface area contributed by atoms with Gasteiger partial charge < -0.3 is 9.47 Å². The van der Waals surface area contributed by atoms with E-state index in [0.29, 0.717) is 34.7 Å². The van der Waals surface area contributed by atoms with Crippen molar-refractivity contribution in [3.05, 3.63) is 41.6 Å². The summed E-state index contributed by atoms with van der Waals surface area (Å²) in [5.41, 5.74) is 0.773. The van der Waals surface area contributed by atoms with Gasteiger partial charge in [-0.15, -0.1) is 0 Å². The maximum Gasteiger partial charge on any atom is 0.261 e. The van der Waals surface area contributed by atoms with Gasteiger partial charge in [0.2, 0.25) is 0 Å². The minimum absolute atomic E-state index is 0.106. The lowest BCUT2D eigenvalue weighted by atomic mass is 10.2. The molecule has 0 amide bonds. The minimum atomic E-state index is -3.80. The maximum absolute atomic E-state index is 12.6. The first-order valence-corrected chi connectivity index (χ1v) is 9.28. The Hall–Kier alpha value is -2.45. The molecule has 0 aliphatic carbocycles. The molecule has 9 heteroatoms. The van der Waals surface area contributed by atoms with Gasteiger partial charge in [-0.2, -0.15) is 5.10 Å². The number of fused-ring (bicyclic) bond motifs is 1. The Morgan fingerprint density at radius 1 is 1.20 bits per heavy atom. The number of aromatic nitrogens is 2. The molecule has 7 nitrogen and oxygen atoms in total. The number of rotatable bonds is 6. The number of nitrogens with zero attached hydrogens (tertiary/aromatic N) is 1. The zero-order valence-corrected chi connectivity index (χ0v) is 15.1. The van der Waals surface area contributed by atoms with E-state index in [4.69, 9.17) is 21.1 Å². The molecular weight excluding hydrogens is 366 g/mol. The highest BCUT2D eigenvalue weighted by molar-refractivity contribution is 7.92. The van der Waals surface area contributed by atoms with Crippen LogP contribution in [0.5, 0.6) is 11.5 Å². The molecule has 3 aromatic rings. The van der Waals surface area contributed by atoms with E-state index >= 15 is 0 Å². The van der Waals surface area contributed by atoms with Crippen LogP contribution >= 0.6 is 11.6 Å². The highest BCUT2D eigenvalue weighted by Crippen LogP contribution is 2.35. The smallest absolute Gasteiger partial charge is 0.261 e. The summed E-state index contributed by atoms with van der Waals surface area (Å²) in [6, 6.07) is 9.32. The molecule has 0 spiro atoms. The predicted molar refractivity (Wildman–Crippen MR) is 96.1 cm³/mol. The molecule has 1 heterocycles. The third-order valence-electron chi connectivity index (χ3n) is 3.54. The van der Waals surface area contributed by atoms with Crippen LogP contribution in [0.25, 0.3) is 10.9 Å². The summed E-state index contributed by atoms with van der Waals surface area (Å²) in [6.07, 6.45) is 0. The number of halogens is 1. The number of anilines is 1. The second-order valence-electron chi connectivity index (χ2n) is 5.09. The molecule has 0 saturated heterocycles. The zero-order chi connectivity index (χ0) is 18.0. The van der Waals surface area contributed by atoms with Crippen molar-refractivity contribution in [1.29, 1.82) is 0 Å². The van der Waals surface area contributed by atoms with Crippen molar-refractivity contribution in [1.82, 2.24) is 10.2 Å². The van der Waals surface area contributed by atoms with E-state index in [2.05, 4.69) is 14.9 Å². The topological polar surface area (TPSA) is 93.3 Å². The van der Waals surface area contributed by atoms with Gasteiger partial charge >= 0.3 is 0 Å². The molecule has 2 N–H and O–H groups in total. The zero-order valence-electron chi connectivity index (χ0n) is 13.5. The Bertz CT molecular complexity index is 1000. The van der Waals surface area contributed by atoms with Crippen LogP contribution in [0, 0.1) is 0 Å². The molecule has 0 radical (unpaired) electrons. The van der Waals surface area contributed by atoms with Gasteiger partial charge in [0.05, 0.1) is 29.7 Å². The van der Waals surface area contributed by atoms with E-state index in [-0.39, 0.29) is 10.0 Å². The first kappa shape index (κ1) is 17.4. The van der Waals surface area contributed by atoms with E-state index < -0.39 is 10.0 Å². The van der Waals surface area contributed by atoms with Gasteiger partial charge in [-0.25, -0.2) is 8.42 Å². The van der Waals surface area contributed by atoms with E-state index in [0.717, 1.165) is 0 Å². The molecule has 0 fully saturated rings. The lowest BCUT2D eigenvalue weighted by Crippen LogP contribution is -2.13. The van der Waals surface area contributed by atoms with Crippen molar-refractivity contribution in [2.75, 3.05) is 18.4 Å². The van der Waals surface area contributed by atoms with Gasteiger partial charge in [-0.3, -0.25) is 9.82 Å². The van der Waals surface area contributed by atoms with E-state index in [1.165, 1.54) is 19.2 Å². The average Bonchev–Trinajstić information content (AvgIpc) is 3.00. The van der Waals surface area contributed by atoms with E-state index in [9.17, 15) is 8.42 Å². The monoisotopic (exact) mass is 381 g/mol. The Balaban J connectivity index is 2.02. The van der Waals surface area contributed by atoms with Crippen LogP contribution in [0.4, 0.5) is 5.69 Å². The number of ether oxygens (including phenoxy) is 2. The second kappa shape index (κ2) is 6.81. The summed E-state index contributed by atoms with van der Waals surface area (Å²) in [5, 5.41) is 7.40. The Morgan fingerprint density at radius 3 is 2.56 bits per heavy atom. The van der Waals surface area contributed by atoms with Crippen molar-refractivity contribution in [3.8, 4) is 11.5 Å². The van der Waals surface area contributed by atoms with Gasteiger partial charge in [0, 0.05) is 0 Å². The summed E-state index contributed by atoms with van der Waals surface area (Å²) < 4.78 is 38.3. The third kappa shape index (κ3) is 3.35. The van der Waals surface area contributed by atoms with Crippen LogP contribution < -0.4 is 14.2 Å². The maximum atomic E-state index is 12.6. The van der Waals surface area contributed by atoms with Crippen LogP contribution in [-0.4, -0.2) is 32.3 Å². The number of hydrogen-bond donors (Lipinski definition) is 2. The van der Waals surface area contributed by atoms with Crippen LogP contribution in [0.2, 0.25) is 5.15 Å². The Morgan fingerprint density at radius 2 is 1.92 bits per heavy atom. The molecular formula is C16H16ClN3O4S. The molecule has 1 aromatic heterocycles. The highest BCUT2D eigenvalue weighted by atomic mass is 35.5. The first-order chi connectivity index (χ1) is 12.0. The number of methoxy groups -OCH3 is 1. The van der Waals surface area contributed by atoms with Crippen LogP contribution in [0.3, 0.4) is 0 Å². The Labute approximate surface area is 150 Å². The average molecular weight is 382 g/mol. The molecule has 0 aliphatic heterocycles. The molecule has 0 unspecified atom stereocenters. The van der Waals surface area contributed by atoms with Crippen LogP contribution in [-0.2, 0) is 10.0 Å². The second-order valence-corrected chi connectivity index (χ2v) is 7.15. The molecule has 132 valence electrons. The predicted octanol–water partition coefficient (Wildman–Crippen LogP) is 3.42. The van der Waals surface area contributed by atoms with Gasteiger partial charge in [-0.05, 0) is 43.3 Å². The fourth-order valence-corrected chi connectivity index (χ4v) is 3.69. The molecule has 25 heavy (non-hydrogen) atoms. The molecule has 0 bridgehead atoms. The van der Waals surface area contributed by atoms with Gasteiger partial charge in [0.15, 0.2) is 0 Å². The lowest BCUT2D eigenvalue weighted by molar-refractivity contribution is 0.343. The van der Waals surface area contributed by atoms with Gasteiger partial charge in [0.25, 0.3) is 10.0 Å². The van der Waals surface area contributed by atoms with Crippen molar-refractivity contribution in [3.63, 3.8) is 0 Å². The summed E-state index contributed by atoms with van der Waals surface area (Å²) in [7, 11) is -2.28. The summed E-state index contributed by atoms with van der Waals surface area (Å²) in [6.45, 7) is 2.30. The SMILES string of the molecule is CCOc1ccc(NS(=O)(=O)c2ccc(OC)cc2)c2c(Cl)[nH]nc12. The molecule has 2 aromatic carbocycles. The number of nitrogens with one attached hydrogen (secondary N) is 2. The van der Waals surface area contributed by atoms with Crippen molar-refractivity contribution in [2.24, 2.45) is 0 Å². The number of H-pyrrole nitrogens is 1. The van der Waals surface area contributed by atoms with Crippen molar-refractivity contribution >= 4 is 38.2 Å². The fourth-order valence-electron chi connectivity index (χ4n) is 2.38. The van der Waals surface area contributed by atoms with Crippen molar-refractivity contribution in [2.45, 2.75) is 11.8 Å². The van der Waals surface area contributed by atoms with Crippen LogP contribution in [0.15, 0.2) is 41.3 Å². The summed E-state index contributed by atoms with van der Waals surface area (Å²) in [4.78, 5) is 0.106. The van der Waals surface area contributed by atoms with Crippen molar-refractivity contribution < 1.29 is 17.9 Å². The molecule has 0 saturated carbocycles. The number of aromatic amines is 1. The minimum Gasteiger partial charge on any atom is -0.497 e. The lowest BCUT2D eigenvalue weighted by Gasteiger charge is -2.11. The third-order valence-corrected chi connectivity index (χ3v) is 5.20. The fraction of sp³-hybridized carbons (Fsp3) is 0.188. The largest absolute Gasteiger partial charge is 0.497 e.